The summed E-state index contributed by atoms with van der Waals surface area (Å²) in [5, 5.41) is 10.9. The van der Waals surface area contributed by atoms with E-state index in [1.807, 2.05) is 20.8 Å². The van der Waals surface area contributed by atoms with Crippen molar-refractivity contribution < 1.29 is 36.9 Å². The van der Waals surface area contributed by atoms with Crippen molar-refractivity contribution in [3.05, 3.63) is 39.9 Å². The number of methoxy groups -OCH3 is 1. The summed E-state index contributed by atoms with van der Waals surface area (Å²) in [4.78, 5) is 16.1. The predicted octanol–water partition coefficient (Wildman–Crippen LogP) is 7.33. The van der Waals surface area contributed by atoms with Gasteiger partial charge in [0.15, 0.2) is 0 Å². The summed E-state index contributed by atoms with van der Waals surface area (Å²) in [5.74, 6) is 0.571. The van der Waals surface area contributed by atoms with E-state index in [4.69, 9.17) is 31.5 Å². The summed E-state index contributed by atoms with van der Waals surface area (Å²) in [6, 6.07) is 2.81. The van der Waals surface area contributed by atoms with Gasteiger partial charge in [-0.05, 0) is 51.1 Å². The lowest BCUT2D eigenvalue weighted by Crippen LogP contribution is -2.34. The Labute approximate surface area is 312 Å². The molecule has 5 rings (SSSR count). The number of aromatic nitrogens is 3. The number of pyridine rings is 1. The molecule has 300 valence electrons. The summed E-state index contributed by atoms with van der Waals surface area (Å²) in [6.45, 7) is 16.4. The number of hydrogen-bond donors (Lipinski definition) is 3. The molecule has 0 spiro atoms. The van der Waals surface area contributed by atoms with Crippen LogP contribution in [0.4, 0.5) is 24.5 Å². The highest BCUT2D eigenvalue weighted by Gasteiger charge is 2.31. The van der Waals surface area contributed by atoms with Crippen molar-refractivity contribution in [1.82, 2.24) is 14.8 Å². The van der Waals surface area contributed by atoms with E-state index in [0.29, 0.717) is 49.6 Å². The van der Waals surface area contributed by atoms with Gasteiger partial charge in [0, 0.05) is 45.4 Å². The number of rotatable bonds is 10. The number of nitrogens with one attached hydrogen (secondary N) is 2. The molecule has 0 aromatic carbocycles. The topological polar surface area (TPSA) is 144 Å². The second-order valence-electron chi connectivity index (χ2n) is 12.1. The molecule has 4 N–H and O–H groups in total. The minimum atomic E-state index is -4.73. The van der Waals surface area contributed by atoms with Gasteiger partial charge in [-0.2, -0.15) is 5.10 Å². The van der Waals surface area contributed by atoms with E-state index in [1.165, 1.54) is 18.7 Å². The molecule has 2 aliphatic heterocycles. The Balaban J connectivity index is 0.000000419. The number of ether oxygens (including phenoxy) is 5. The third-order valence-electron chi connectivity index (χ3n) is 8.23. The third-order valence-corrected chi connectivity index (χ3v) is 8.59. The smallest absolute Gasteiger partial charge is 0.388 e. The van der Waals surface area contributed by atoms with E-state index in [2.05, 4.69) is 44.0 Å². The molecule has 1 saturated carbocycles. The van der Waals surface area contributed by atoms with Crippen molar-refractivity contribution in [2.45, 2.75) is 98.1 Å². The highest BCUT2D eigenvalue weighted by Crippen LogP contribution is 2.28. The number of halogens is 4. The maximum Gasteiger partial charge on any atom is 0.574 e. The Bertz CT molecular complexity index is 1220. The predicted molar refractivity (Wildman–Crippen MR) is 200 cm³/mol. The number of hydrogen-bond acceptors (Lipinski definition) is 11. The molecule has 0 bridgehead atoms. The molecule has 3 atom stereocenters. The molecular formula is C36H62ClF3N6O6. The largest absolute Gasteiger partial charge is 0.574 e. The minimum absolute atomic E-state index is 0.0696. The maximum absolute atomic E-state index is 12.5. The molecular weight excluding hydrogens is 705 g/mol. The Morgan fingerprint density at radius 1 is 1.00 bits per heavy atom. The van der Waals surface area contributed by atoms with E-state index in [-0.39, 0.29) is 22.7 Å². The first kappa shape index (κ1) is 47.3. The summed E-state index contributed by atoms with van der Waals surface area (Å²) in [7, 11) is 1.68. The van der Waals surface area contributed by atoms with Crippen LogP contribution in [0.25, 0.3) is 0 Å². The number of anilines is 2. The van der Waals surface area contributed by atoms with E-state index in [1.54, 1.807) is 18.0 Å². The van der Waals surface area contributed by atoms with E-state index < -0.39 is 12.2 Å². The number of alkyl halides is 3. The fourth-order valence-corrected chi connectivity index (χ4v) is 5.31. The van der Waals surface area contributed by atoms with E-state index in [0.717, 1.165) is 77.5 Å². The van der Waals surface area contributed by atoms with Crippen LogP contribution in [0.1, 0.15) is 85.6 Å². The lowest BCUT2D eigenvalue weighted by Gasteiger charge is -2.29. The van der Waals surface area contributed by atoms with Crippen molar-refractivity contribution in [3.8, 4) is 5.88 Å². The van der Waals surface area contributed by atoms with Crippen LogP contribution in [0, 0.1) is 11.8 Å². The zero-order chi connectivity index (χ0) is 38.8. The second kappa shape index (κ2) is 27.9. The molecule has 1 aliphatic carbocycles. The third kappa shape index (κ3) is 19.4. The van der Waals surface area contributed by atoms with Gasteiger partial charge in [-0.25, -0.2) is 9.67 Å². The molecule has 3 fully saturated rings. The average Bonchev–Trinajstić information content (AvgIpc) is 3.17. The van der Waals surface area contributed by atoms with Crippen LogP contribution in [0.2, 0.25) is 5.02 Å². The molecule has 0 amide bonds. The highest BCUT2D eigenvalue weighted by atomic mass is 35.5. The average molecular weight is 767 g/mol. The van der Waals surface area contributed by atoms with Gasteiger partial charge in [0.05, 0.1) is 62.3 Å². The van der Waals surface area contributed by atoms with Crippen molar-refractivity contribution in [2.75, 3.05) is 77.0 Å². The van der Waals surface area contributed by atoms with Crippen LogP contribution < -0.4 is 26.7 Å². The molecule has 4 heterocycles. The molecule has 3 unspecified atom stereocenters. The quantitative estimate of drug-likeness (QED) is 0.224. The summed E-state index contributed by atoms with van der Waals surface area (Å²) < 4.78 is 61.7. The van der Waals surface area contributed by atoms with Crippen LogP contribution >= 0.6 is 11.6 Å². The van der Waals surface area contributed by atoms with E-state index >= 15 is 0 Å². The fraction of sp³-hybridized carbons (Fsp3) is 0.750. The summed E-state index contributed by atoms with van der Waals surface area (Å²) in [6.07, 6.45) is 5.97. The molecule has 52 heavy (non-hydrogen) atoms. The van der Waals surface area contributed by atoms with Crippen LogP contribution in [-0.2, 0) is 18.9 Å². The minimum Gasteiger partial charge on any atom is -0.388 e. The molecule has 0 radical (unpaired) electrons. The van der Waals surface area contributed by atoms with Gasteiger partial charge >= 0.3 is 6.36 Å². The van der Waals surface area contributed by atoms with E-state index in [9.17, 15) is 18.0 Å². The Kier molecular flexibility index (Phi) is 25.3. The lowest BCUT2D eigenvalue weighted by molar-refractivity contribution is -0.276. The number of nitrogens with two attached hydrogens (primary N) is 1. The zero-order valence-corrected chi connectivity index (χ0v) is 32.6. The van der Waals surface area contributed by atoms with Crippen molar-refractivity contribution in [2.24, 2.45) is 17.6 Å². The van der Waals surface area contributed by atoms with Gasteiger partial charge < -0.3 is 40.1 Å². The summed E-state index contributed by atoms with van der Waals surface area (Å²) >= 11 is 6.30. The lowest BCUT2D eigenvalue weighted by atomic mass is 9.90. The SMILES string of the molecule is CC.CC1CCOCC1CNc1cnn(C2CCCCC2)c(=O)c1Cl.CCCN.CCOC.FC(F)(F)Oc1ccc(NCC2COCCO2)cn1. The standard InChI is InChI=1S/C17H26ClN3O2.C11H13F3N2O3.C3H9N.C3H8O.C2H6/c1-12-7-8-23-11-13(12)9-19-15-10-20-21(17(22)16(15)18)14-5-3-2-4-6-14;12-11(13,14)19-10-2-1-8(5-16-10)15-6-9-7-17-3-4-18-9;1-2-3-4;1-3-4-2;1-2/h10,12-14,19H,2-9,11H2,1H3;1-2,5,9,15H,3-4,6-7H2;2-4H2,1H3;3H2,1-2H3;1-2H3. The number of nitrogens with zero attached hydrogens (tertiary/aromatic N) is 3. The van der Waals surface area contributed by atoms with Crippen LogP contribution in [-0.4, -0.2) is 93.6 Å². The molecule has 2 aromatic heterocycles. The van der Waals surface area contributed by atoms with Crippen LogP contribution in [0.3, 0.4) is 0 Å². The Morgan fingerprint density at radius 3 is 2.21 bits per heavy atom. The molecule has 12 nitrogen and oxygen atoms in total. The Hall–Kier alpha value is -2.69. The molecule has 2 saturated heterocycles. The zero-order valence-electron chi connectivity index (χ0n) is 31.8. The first-order valence-electron chi connectivity index (χ1n) is 18.5. The van der Waals surface area contributed by atoms with Gasteiger partial charge in [-0.3, -0.25) is 4.79 Å². The van der Waals surface area contributed by atoms with Gasteiger partial charge in [0.25, 0.3) is 5.56 Å². The van der Waals surface area contributed by atoms with Crippen molar-refractivity contribution in [1.29, 1.82) is 0 Å². The molecule has 2 aromatic rings. The van der Waals surface area contributed by atoms with Crippen molar-refractivity contribution in [3.63, 3.8) is 0 Å². The van der Waals surface area contributed by atoms with Gasteiger partial charge in [0.2, 0.25) is 5.88 Å². The first-order chi connectivity index (χ1) is 25.0. The first-order valence-corrected chi connectivity index (χ1v) is 18.8. The van der Waals surface area contributed by atoms with Gasteiger partial charge in [0.1, 0.15) is 5.02 Å². The second-order valence-corrected chi connectivity index (χ2v) is 12.5. The van der Waals surface area contributed by atoms with Gasteiger partial charge in [-0.15, -0.1) is 13.2 Å². The van der Waals surface area contributed by atoms with Gasteiger partial charge in [-0.1, -0.05) is 58.6 Å². The highest BCUT2D eigenvalue weighted by molar-refractivity contribution is 6.32. The van der Waals surface area contributed by atoms with Crippen LogP contribution in [0.15, 0.2) is 29.3 Å². The normalized spacial score (nSPS) is 20.2. The molecule has 3 aliphatic rings. The Morgan fingerprint density at radius 2 is 1.67 bits per heavy atom. The molecule has 16 heteroatoms. The van der Waals surface area contributed by atoms with Crippen molar-refractivity contribution >= 4 is 23.0 Å². The monoisotopic (exact) mass is 766 g/mol. The van der Waals surface area contributed by atoms with Crippen LogP contribution in [0.5, 0.6) is 5.88 Å². The summed E-state index contributed by atoms with van der Waals surface area (Å²) in [5.41, 5.74) is 6.08. The fourth-order valence-electron chi connectivity index (χ4n) is 5.11. The maximum atomic E-state index is 12.5.